The number of benzene rings is 2. The number of nitrogens with zero attached hydrogens (tertiary/aromatic N) is 1. The fourth-order valence-electron chi connectivity index (χ4n) is 2.20. The maximum atomic E-state index is 11.9. The van der Waals surface area contributed by atoms with Crippen LogP contribution in [-0.4, -0.2) is 17.9 Å². The van der Waals surface area contributed by atoms with E-state index in [0.29, 0.717) is 5.69 Å². The lowest BCUT2D eigenvalue weighted by molar-refractivity contribution is -0.123. The summed E-state index contributed by atoms with van der Waals surface area (Å²) in [6.45, 7) is 3.06. The lowest BCUT2D eigenvalue weighted by Gasteiger charge is -2.27. The van der Waals surface area contributed by atoms with Gasteiger partial charge in [-0.05, 0) is 18.4 Å². The number of primary amides is 1. The summed E-state index contributed by atoms with van der Waals surface area (Å²) in [6, 6.07) is 12.7. The molecular weight excluding hydrogens is 240 g/mol. The summed E-state index contributed by atoms with van der Waals surface area (Å²) in [6.07, 6.45) is 0. The number of fused-ring (bicyclic) bond motifs is 1. The Morgan fingerprint density at radius 2 is 1.74 bits per heavy atom. The lowest BCUT2D eigenvalue weighted by atomic mass is 10.1. The first-order valence-electron chi connectivity index (χ1n) is 6.09. The maximum absolute atomic E-state index is 11.9. The van der Waals surface area contributed by atoms with Crippen molar-refractivity contribution in [3.63, 3.8) is 0 Å². The van der Waals surface area contributed by atoms with E-state index >= 15 is 0 Å². The molecule has 0 aliphatic carbocycles. The SMILES string of the molecule is CC(=O)N(c1cccc2ccccc12)C(C)C(N)=O. The zero-order valence-corrected chi connectivity index (χ0v) is 11.0. The third-order valence-corrected chi connectivity index (χ3v) is 3.16. The van der Waals surface area contributed by atoms with Crippen molar-refractivity contribution >= 4 is 28.3 Å². The third kappa shape index (κ3) is 2.42. The molecule has 19 heavy (non-hydrogen) atoms. The Morgan fingerprint density at radius 1 is 1.11 bits per heavy atom. The van der Waals surface area contributed by atoms with Crippen molar-refractivity contribution in [3.8, 4) is 0 Å². The number of rotatable bonds is 3. The highest BCUT2D eigenvalue weighted by Crippen LogP contribution is 2.28. The number of anilines is 1. The van der Waals surface area contributed by atoms with Crippen molar-refractivity contribution in [1.82, 2.24) is 0 Å². The van der Waals surface area contributed by atoms with Gasteiger partial charge in [0, 0.05) is 12.3 Å². The topological polar surface area (TPSA) is 63.4 Å². The Labute approximate surface area is 111 Å². The summed E-state index contributed by atoms with van der Waals surface area (Å²) in [7, 11) is 0. The van der Waals surface area contributed by atoms with Crippen LogP contribution in [0.15, 0.2) is 42.5 Å². The minimum absolute atomic E-state index is 0.206. The van der Waals surface area contributed by atoms with Crippen LogP contribution >= 0.6 is 0 Å². The van der Waals surface area contributed by atoms with Crippen LogP contribution in [0.25, 0.3) is 10.8 Å². The second-order valence-electron chi connectivity index (χ2n) is 4.47. The van der Waals surface area contributed by atoms with Crippen LogP contribution < -0.4 is 10.6 Å². The molecule has 2 aromatic rings. The predicted octanol–water partition coefficient (Wildman–Crippen LogP) is 2.07. The minimum atomic E-state index is -0.677. The van der Waals surface area contributed by atoms with E-state index in [1.165, 1.54) is 11.8 Å². The number of carbonyl (C=O) groups excluding carboxylic acids is 2. The molecule has 2 rings (SSSR count). The molecule has 2 aromatic carbocycles. The van der Waals surface area contributed by atoms with Gasteiger partial charge in [-0.15, -0.1) is 0 Å². The molecule has 1 atom stereocenters. The first-order chi connectivity index (χ1) is 9.02. The normalized spacial score (nSPS) is 12.1. The Hall–Kier alpha value is -2.36. The monoisotopic (exact) mass is 256 g/mol. The second kappa shape index (κ2) is 5.10. The molecule has 0 radical (unpaired) electrons. The molecule has 98 valence electrons. The van der Waals surface area contributed by atoms with Gasteiger partial charge in [0.15, 0.2) is 0 Å². The quantitative estimate of drug-likeness (QED) is 0.913. The first kappa shape index (κ1) is 13.1. The van der Waals surface area contributed by atoms with Gasteiger partial charge in [0.1, 0.15) is 6.04 Å². The van der Waals surface area contributed by atoms with Gasteiger partial charge in [-0.1, -0.05) is 36.4 Å². The Kier molecular flexibility index (Phi) is 3.51. The molecule has 2 amide bonds. The zero-order chi connectivity index (χ0) is 14.0. The number of hydrogen-bond donors (Lipinski definition) is 1. The highest BCUT2D eigenvalue weighted by atomic mass is 16.2. The summed E-state index contributed by atoms with van der Waals surface area (Å²) in [5.74, 6) is -0.731. The van der Waals surface area contributed by atoms with Crippen molar-refractivity contribution in [2.24, 2.45) is 5.73 Å². The molecule has 0 heterocycles. The van der Waals surface area contributed by atoms with Crippen LogP contribution in [0.5, 0.6) is 0 Å². The molecule has 0 aromatic heterocycles. The van der Waals surface area contributed by atoms with E-state index in [2.05, 4.69) is 0 Å². The smallest absolute Gasteiger partial charge is 0.240 e. The number of carbonyl (C=O) groups is 2. The van der Waals surface area contributed by atoms with Gasteiger partial charge < -0.3 is 5.73 Å². The lowest BCUT2D eigenvalue weighted by Crippen LogP contribution is -2.45. The standard InChI is InChI=1S/C15H16N2O2/c1-10(15(16)19)17(11(2)18)14-9-5-7-12-6-3-4-8-13(12)14/h3-10H,1-2H3,(H2,16,19). The van der Waals surface area contributed by atoms with Gasteiger partial charge in [0.05, 0.1) is 5.69 Å². The molecule has 0 spiro atoms. The molecule has 4 heteroatoms. The Morgan fingerprint density at radius 3 is 2.37 bits per heavy atom. The van der Waals surface area contributed by atoms with E-state index in [-0.39, 0.29) is 5.91 Å². The fraction of sp³-hybridized carbons (Fsp3) is 0.200. The number of hydrogen-bond acceptors (Lipinski definition) is 2. The van der Waals surface area contributed by atoms with E-state index in [4.69, 9.17) is 5.73 Å². The molecule has 0 saturated carbocycles. The number of nitrogens with two attached hydrogens (primary N) is 1. The van der Waals surface area contributed by atoms with Gasteiger partial charge in [-0.2, -0.15) is 0 Å². The maximum Gasteiger partial charge on any atom is 0.240 e. The van der Waals surface area contributed by atoms with Crippen LogP contribution in [0, 0.1) is 0 Å². The Balaban J connectivity index is 2.63. The van der Waals surface area contributed by atoms with E-state index in [0.717, 1.165) is 10.8 Å². The molecule has 0 saturated heterocycles. The van der Waals surface area contributed by atoms with Crippen LogP contribution in [-0.2, 0) is 9.59 Å². The van der Waals surface area contributed by atoms with E-state index in [1.807, 2.05) is 42.5 Å². The highest BCUT2D eigenvalue weighted by Gasteiger charge is 2.24. The zero-order valence-electron chi connectivity index (χ0n) is 11.0. The summed E-state index contributed by atoms with van der Waals surface area (Å²) < 4.78 is 0. The molecule has 1 unspecified atom stereocenters. The predicted molar refractivity (Wildman–Crippen MR) is 75.8 cm³/mol. The molecule has 0 fully saturated rings. The van der Waals surface area contributed by atoms with Crippen molar-refractivity contribution in [2.75, 3.05) is 4.90 Å². The molecule has 0 aliphatic rings. The van der Waals surface area contributed by atoms with Crippen molar-refractivity contribution in [2.45, 2.75) is 19.9 Å². The van der Waals surface area contributed by atoms with Gasteiger partial charge >= 0.3 is 0 Å². The van der Waals surface area contributed by atoms with Gasteiger partial charge in [0.2, 0.25) is 11.8 Å². The van der Waals surface area contributed by atoms with Crippen LogP contribution in [0.1, 0.15) is 13.8 Å². The van der Waals surface area contributed by atoms with E-state index in [1.54, 1.807) is 6.92 Å². The molecular formula is C15H16N2O2. The number of amides is 2. The third-order valence-electron chi connectivity index (χ3n) is 3.16. The van der Waals surface area contributed by atoms with Gasteiger partial charge in [0.25, 0.3) is 0 Å². The van der Waals surface area contributed by atoms with Crippen molar-refractivity contribution in [3.05, 3.63) is 42.5 Å². The summed E-state index contributed by atoms with van der Waals surface area (Å²) in [5.41, 5.74) is 6.03. The summed E-state index contributed by atoms with van der Waals surface area (Å²) >= 11 is 0. The average molecular weight is 256 g/mol. The first-order valence-corrected chi connectivity index (χ1v) is 6.09. The molecule has 2 N–H and O–H groups in total. The summed E-state index contributed by atoms with van der Waals surface area (Å²) in [5, 5.41) is 1.94. The average Bonchev–Trinajstić information content (AvgIpc) is 2.38. The van der Waals surface area contributed by atoms with Crippen molar-refractivity contribution < 1.29 is 9.59 Å². The second-order valence-corrected chi connectivity index (χ2v) is 4.47. The van der Waals surface area contributed by atoms with Gasteiger partial charge in [-0.25, -0.2) is 0 Å². The van der Waals surface area contributed by atoms with E-state index < -0.39 is 11.9 Å². The van der Waals surface area contributed by atoms with E-state index in [9.17, 15) is 9.59 Å². The van der Waals surface area contributed by atoms with Gasteiger partial charge in [-0.3, -0.25) is 14.5 Å². The fourth-order valence-corrected chi connectivity index (χ4v) is 2.20. The highest BCUT2D eigenvalue weighted by molar-refractivity contribution is 6.06. The van der Waals surface area contributed by atoms with Crippen LogP contribution in [0.4, 0.5) is 5.69 Å². The summed E-state index contributed by atoms with van der Waals surface area (Å²) in [4.78, 5) is 24.7. The molecule has 0 bridgehead atoms. The largest absolute Gasteiger partial charge is 0.368 e. The molecule has 4 nitrogen and oxygen atoms in total. The molecule has 0 aliphatic heterocycles. The van der Waals surface area contributed by atoms with Crippen LogP contribution in [0.2, 0.25) is 0 Å². The van der Waals surface area contributed by atoms with Crippen LogP contribution in [0.3, 0.4) is 0 Å². The minimum Gasteiger partial charge on any atom is -0.368 e. The van der Waals surface area contributed by atoms with Crippen molar-refractivity contribution in [1.29, 1.82) is 0 Å². The Bertz CT molecular complexity index is 632.